The molecule has 0 fully saturated rings. The first-order valence-corrected chi connectivity index (χ1v) is 10.5. The van der Waals surface area contributed by atoms with E-state index < -0.39 is 0 Å². The van der Waals surface area contributed by atoms with Crippen molar-refractivity contribution in [3.63, 3.8) is 0 Å². The lowest BCUT2D eigenvalue weighted by Crippen LogP contribution is -2.40. The van der Waals surface area contributed by atoms with Gasteiger partial charge in [-0.15, -0.1) is 0 Å². The first-order chi connectivity index (χ1) is 15.0. The molecule has 5 rings (SSSR count). The Morgan fingerprint density at radius 2 is 1.97 bits per heavy atom. The van der Waals surface area contributed by atoms with Crippen LogP contribution < -0.4 is 10.6 Å². The van der Waals surface area contributed by atoms with Gasteiger partial charge in [0.25, 0.3) is 0 Å². The molecule has 0 bridgehead atoms. The SMILES string of the molecule is Cc1cnc2cc(C(C)[C@H](C)NC3=C4NC=NC4N(C)C=N3)c(-c3ccccc3)nn12. The Labute approximate surface area is 181 Å². The number of nitrogens with zero attached hydrogens (tertiary/aromatic N) is 6. The summed E-state index contributed by atoms with van der Waals surface area (Å²) < 4.78 is 1.91. The van der Waals surface area contributed by atoms with Crippen molar-refractivity contribution in [1.29, 1.82) is 0 Å². The molecule has 8 nitrogen and oxygen atoms in total. The molecule has 0 saturated heterocycles. The molecule has 2 N–H and O–H groups in total. The molecule has 4 heterocycles. The second kappa shape index (κ2) is 7.54. The minimum atomic E-state index is -0.0479. The first-order valence-electron chi connectivity index (χ1n) is 10.5. The van der Waals surface area contributed by atoms with Crippen LogP contribution in [-0.2, 0) is 0 Å². The number of aromatic nitrogens is 3. The highest BCUT2D eigenvalue weighted by molar-refractivity contribution is 5.69. The number of rotatable bonds is 5. The molecular weight excluding hydrogens is 388 g/mol. The van der Waals surface area contributed by atoms with Gasteiger partial charge in [-0.2, -0.15) is 5.10 Å². The van der Waals surface area contributed by atoms with Crippen LogP contribution in [0.15, 0.2) is 64.1 Å². The molecule has 31 heavy (non-hydrogen) atoms. The molecule has 2 aromatic heterocycles. The largest absolute Gasteiger partial charge is 0.365 e. The quantitative estimate of drug-likeness (QED) is 0.671. The number of benzene rings is 1. The van der Waals surface area contributed by atoms with Crippen LogP contribution in [0.2, 0.25) is 0 Å². The molecule has 1 aromatic carbocycles. The monoisotopic (exact) mass is 414 g/mol. The third-order valence-electron chi connectivity index (χ3n) is 6.05. The molecule has 3 atom stereocenters. The van der Waals surface area contributed by atoms with E-state index in [-0.39, 0.29) is 18.1 Å². The zero-order valence-electron chi connectivity index (χ0n) is 18.1. The molecule has 2 unspecified atom stereocenters. The lowest BCUT2D eigenvalue weighted by Gasteiger charge is -2.30. The van der Waals surface area contributed by atoms with Crippen molar-refractivity contribution in [2.24, 2.45) is 9.98 Å². The van der Waals surface area contributed by atoms with Crippen LogP contribution >= 0.6 is 0 Å². The average molecular weight is 415 g/mol. The summed E-state index contributed by atoms with van der Waals surface area (Å²) in [6.07, 6.45) is 5.36. The molecule has 0 amide bonds. The summed E-state index contributed by atoms with van der Waals surface area (Å²) in [5.41, 5.74) is 6.07. The van der Waals surface area contributed by atoms with Gasteiger partial charge in [0.1, 0.15) is 5.70 Å². The van der Waals surface area contributed by atoms with E-state index in [1.54, 1.807) is 6.34 Å². The molecule has 0 radical (unpaired) electrons. The van der Waals surface area contributed by atoms with Crippen molar-refractivity contribution in [2.75, 3.05) is 7.05 Å². The van der Waals surface area contributed by atoms with Crippen LogP contribution in [0.5, 0.6) is 0 Å². The fourth-order valence-corrected chi connectivity index (χ4v) is 4.04. The zero-order valence-corrected chi connectivity index (χ0v) is 18.1. The molecular formula is C23H26N8. The second-order valence-corrected chi connectivity index (χ2v) is 8.17. The molecule has 8 heteroatoms. The van der Waals surface area contributed by atoms with Crippen LogP contribution in [0.4, 0.5) is 0 Å². The third kappa shape index (κ3) is 3.34. The summed E-state index contributed by atoms with van der Waals surface area (Å²) in [6, 6.07) is 12.6. The number of likely N-dealkylation sites (N-methyl/N-ethyl adjacent to an activating group) is 1. The Morgan fingerprint density at radius 1 is 1.16 bits per heavy atom. The highest BCUT2D eigenvalue weighted by atomic mass is 15.3. The number of hydrogen-bond donors (Lipinski definition) is 2. The van der Waals surface area contributed by atoms with Gasteiger partial charge in [0.15, 0.2) is 17.6 Å². The van der Waals surface area contributed by atoms with Crippen LogP contribution in [0.25, 0.3) is 16.9 Å². The van der Waals surface area contributed by atoms with Gasteiger partial charge in [-0.1, -0.05) is 37.3 Å². The van der Waals surface area contributed by atoms with Crippen molar-refractivity contribution >= 4 is 18.3 Å². The fraction of sp³-hybridized carbons (Fsp3) is 0.304. The summed E-state index contributed by atoms with van der Waals surface area (Å²) in [7, 11) is 1.97. The van der Waals surface area contributed by atoms with Gasteiger partial charge in [0.05, 0.1) is 30.3 Å². The van der Waals surface area contributed by atoms with E-state index in [0.29, 0.717) is 0 Å². The zero-order chi connectivity index (χ0) is 21.5. The summed E-state index contributed by atoms with van der Waals surface area (Å²) >= 11 is 0. The number of hydrogen-bond acceptors (Lipinski definition) is 7. The van der Waals surface area contributed by atoms with Crippen LogP contribution in [0.3, 0.4) is 0 Å². The highest BCUT2D eigenvalue weighted by Gasteiger charge is 2.29. The number of aliphatic imine (C=N–C) groups is 2. The van der Waals surface area contributed by atoms with E-state index >= 15 is 0 Å². The number of nitrogens with one attached hydrogen (secondary N) is 2. The minimum Gasteiger partial charge on any atom is -0.365 e. The van der Waals surface area contributed by atoms with Crippen molar-refractivity contribution in [3.8, 4) is 11.3 Å². The van der Waals surface area contributed by atoms with Gasteiger partial charge in [-0.3, -0.25) is 0 Å². The van der Waals surface area contributed by atoms with Crippen molar-refractivity contribution < 1.29 is 0 Å². The predicted octanol–water partition coefficient (Wildman–Crippen LogP) is 2.89. The molecule has 0 spiro atoms. The minimum absolute atomic E-state index is 0.0479. The molecule has 2 aliphatic rings. The summed E-state index contributed by atoms with van der Waals surface area (Å²) in [5.74, 6) is 0.986. The Hall–Kier alpha value is -3.68. The molecule has 0 saturated carbocycles. The number of fused-ring (bicyclic) bond motifs is 2. The lowest BCUT2D eigenvalue weighted by molar-refractivity contribution is 0.413. The maximum Gasteiger partial charge on any atom is 0.167 e. The van der Waals surface area contributed by atoms with Crippen molar-refractivity contribution in [3.05, 3.63) is 65.4 Å². The van der Waals surface area contributed by atoms with Gasteiger partial charge >= 0.3 is 0 Å². The normalized spacial score (nSPS) is 19.5. The fourth-order valence-electron chi connectivity index (χ4n) is 4.04. The Kier molecular flexibility index (Phi) is 4.69. The van der Waals surface area contributed by atoms with E-state index in [1.807, 2.05) is 54.1 Å². The van der Waals surface area contributed by atoms with Crippen LogP contribution in [0, 0.1) is 6.92 Å². The predicted molar refractivity (Wildman–Crippen MR) is 123 cm³/mol. The summed E-state index contributed by atoms with van der Waals surface area (Å²) in [4.78, 5) is 15.6. The van der Waals surface area contributed by atoms with E-state index in [1.165, 1.54) is 0 Å². The lowest BCUT2D eigenvalue weighted by atomic mass is 9.91. The average Bonchev–Trinajstić information content (AvgIpc) is 3.43. The second-order valence-electron chi connectivity index (χ2n) is 8.17. The summed E-state index contributed by atoms with van der Waals surface area (Å²) in [5, 5.41) is 11.8. The van der Waals surface area contributed by atoms with Crippen molar-refractivity contribution in [2.45, 2.75) is 38.9 Å². The van der Waals surface area contributed by atoms with Gasteiger partial charge < -0.3 is 15.5 Å². The number of imidazole rings is 1. The topological polar surface area (TPSA) is 82.2 Å². The van der Waals surface area contributed by atoms with Gasteiger partial charge in [0, 0.05) is 24.6 Å². The van der Waals surface area contributed by atoms with E-state index in [9.17, 15) is 0 Å². The first kappa shape index (κ1) is 19.3. The molecule has 3 aromatic rings. The van der Waals surface area contributed by atoms with Gasteiger partial charge in [-0.25, -0.2) is 19.5 Å². The van der Waals surface area contributed by atoms with E-state index in [0.717, 1.165) is 39.7 Å². The maximum atomic E-state index is 4.96. The Balaban J connectivity index is 1.51. The van der Waals surface area contributed by atoms with Gasteiger partial charge in [0.2, 0.25) is 0 Å². The molecule has 2 aliphatic heterocycles. The number of aryl methyl sites for hydroxylation is 1. The van der Waals surface area contributed by atoms with E-state index in [2.05, 4.69) is 57.6 Å². The van der Waals surface area contributed by atoms with Crippen molar-refractivity contribution in [1.82, 2.24) is 30.1 Å². The third-order valence-corrected chi connectivity index (χ3v) is 6.05. The van der Waals surface area contributed by atoms with E-state index in [4.69, 9.17) is 5.10 Å². The van der Waals surface area contributed by atoms with Crippen LogP contribution in [-0.4, -0.2) is 51.4 Å². The molecule has 0 aliphatic carbocycles. The smallest absolute Gasteiger partial charge is 0.167 e. The maximum absolute atomic E-state index is 4.96. The van der Waals surface area contributed by atoms with Gasteiger partial charge in [-0.05, 0) is 25.5 Å². The van der Waals surface area contributed by atoms with Crippen LogP contribution in [0.1, 0.15) is 31.0 Å². The molecule has 158 valence electrons. The highest BCUT2D eigenvalue weighted by Crippen LogP contribution is 2.31. The standard InChI is InChI=1S/C23H26N8/c1-14-11-24-19-10-18(20(29-31(14)19)17-8-6-5-7-9-17)15(2)16(3)28-22-21-23(26-12-25-21)30(4)13-27-22/h5-13,15-16,23,28H,1-4H3,(H,25,26)/t15?,16-,23?/m0/s1. The summed E-state index contributed by atoms with van der Waals surface area (Å²) in [6.45, 7) is 6.41. The Morgan fingerprint density at radius 3 is 2.77 bits per heavy atom. The Bertz CT molecular complexity index is 1210.